The van der Waals surface area contributed by atoms with Gasteiger partial charge in [0.2, 0.25) is 0 Å². The first-order valence-corrected chi connectivity index (χ1v) is 5.63. The molecule has 78 valence electrons. The van der Waals surface area contributed by atoms with Crippen molar-refractivity contribution in [3.63, 3.8) is 0 Å². The summed E-state index contributed by atoms with van der Waals surface area (Å²) in [6, 6.07) is 6.12. The van der Waals surface area contributed by atoms with E-state index in [0.717, 1.165) is 17.0 Å². The number of hydrogen-bond donors (Lipinski definition) is 1. The zero-order chi connectivity index (χ0) is 10.6. The third kappa shape index (κ3) is 3.24. The van der Waals surface area contributed by atoms with E-state index >= 15 is 0 Å². The molecule has 1 atom stereocenters. The van der Waals surface area contributed by atoms with Crippen LogP contribution in [0.3, 0.4) is 0 Å². The van der Waals surface area contributed by atoms with Crippen molar-refractivity contribution >= 4 is 17.4 Å². The van der Waals surface area contributed by atoms with Crippen LogP contribution in [-0.4, -0.2) is 19.0 Å². The number of hydrogen-bond acceptors (Lipinski definition) is 3. The molecule has 0 amide bonds. The van der Waals surface area contributed by atoms with Crippen LogP contribution in [0.25, 0.3) is 0 Å². The highest BCUT2D eigenvalue weighted by Crippen LogP contribution is 2.23. The first-order chi connectivity index (χ1) is 6.63. The third-order valence-corrected chi connectivity index (χ3v) is 3.35. The van der Waals surface area contributed by atoms with Crippen molar-refractivity contribution < 1.29 is 4.74 Å². The van der Waals surface area contributed by atoms with Crippen molar-refractivity contribution in [2.75, 3.05) is 18.6 Å². The molecule has 0 aliphatic carbocycles. The summed E-state index contributed by atoms with van der Waals surface area (Å²) in [5, 5.41) is 0. The molecule has 0 saturated heterocycles. The lowest BCUT2D eigenvalue weighted by Gasteiger charge is -2.09. The molecule has 0 fully saturated rings. The number of benzene rings is 1. The molecule has 0 radical (unpaired) electrons. The number of ether oxygens (including phenoxy) is 1. The second-order valence-corrected chi connectivity index (χ2v) is 4.47. The van der Waals surface area contributed by atoms with Gasteiger partial charge in [0.15, 0.2) is 0 Å². The topological polar surface area (TPSA) is 35.2 Å². The molecular weight excluding hydrogens is 194 g/mol. The Balaban J connectivity index is 2.55. The normalized spacial score (nSPS) is 12.8. The van der Waals surface area contributed by atoms with Crippen LogP contribution < -0.4 is 5.73 Å². The number of thioether (sulfide) groups is 1. The standard InChI is InChI=1S/C11H17NOS/c1-8-6-10(4-5-11(8)12)14-7-9(2)13-3/h4-6,9H,7,12H2,1-3H3. The summed E-state index contributed by atoms with van der Waals surface area (Å²) in [6.07, 6.45) is 0.290. The molecule has 1 aromatic carbocycles. The van der Waals surface area contributed by atoms with Crippen LogP contribution in [-0.2, 0) is 4.74 Å². The van der Waals surface area contributed by atoms with E-state index in [9.17, 15) is 0 Å². The van der Waals surface area contributed by atoms with Crippen LogP contribution in [0.4, 0.5) is 5.69 Å². The van der Waals surface area contributed by atoms with Crippen LogP contribution in [0.15, 0.2) is 23.1 Å². The fraction of sp³-hybridized carbons (Fsp3) is 0.455. The van der Waals surface area contributed by atoms with Crippen LogP contribution >= 0.6 is 11.8 Å². The van der Waals surface area contributed by atoms with Gasteiger partial charge in [-0.2, -0.15) is 0 Å². The summed E-state index contributed by atoms with van der Waals surface area (Å²) in [5.41, 5.74) is 7.73. The van der Waals surface area contributed by atoms with Gasteiger partial charge in [0, 0.05) is 23.4 Å². The quantitative estimate of drug-likeness (QED) is 0.614. The molecule has 0 spiro atoms. The number of anilines is 1. The third-order valence-electron chi connectivity index (χ3n) is 2.13. The monoisotopic (exact) mass is 211 g/mol. The van der Waals surface area contributed by atoms with E-state index < -0.39 is 0 Å². The molecule has 14 heavy (non-hydrogen) atoms. The van der Waals surface area contributed by atoms with Gasteiger partial charge in [0.25, 0.3) is 0 Å². The smallest absolute Gasteiger partial charge is 0.0637 e. The molecule has 0 aliphatic rings. The SMILES string of the molecule is COC(C)CSc1ccc(N)c(C)c1. The number of methoxy groups -OCH3 is 1. The van der Waals surface area contributed by atoms with Crippen molar-refractivity contribution in [2.24, 2.45) is 0 Å². The molecule has 0 aliphatic heterocycles. The lowest BCUT2D eigenvalue weighted by atomic mass is 10.2. The van der Waals surface area contributed by atoms with E-state index in [1.54, 1.807) is 18.9 Å². The Labute approximate surface area is 89.8 Å². The Hall–Kier alpha value is -0.670. The highest BCUT2D eigenvalue weighted by Gasteiger charge is 2.02. The lowest BCUT2D eigenvalue weighted by molar-refractivity contribution is 0.138. The number of nitrogens with two attached hydrogens (primary N) is 1. The fourth-order valence-corrected chi connectivity index (χ4v) is 2.01. The molecule has 0 heterocycles. The van der Waals surface area contributed by atoms with Gasteiger partial charge in [0.05, 0.1) is 6.10 Å². The second kappa shape index (κ2) is 5.27. The van der Waals surface area contributed by atoms with Crippen molar-refractivity contribution in [1.82, 2.24) is 0 Å². The summed E-state index contributed by atoms with van der Waals surface area (Å²) in [6.45, 7) is 4.09. The molecule has 0 bridgehead atoms. The minimum Gasteiger partial charge on any atom is -0.399 e. The summed E-state index contributed by atoms with van der Waals surface area (Å²) < 4.78 is 5.18. The van der Waals surface area contributed by atoms with Crippen molar-refractivity contribution in [2.45, 2.75) is 24.8 Å². The van der Waals surface area contributed by atoms with Gasteiger partial charge in [0.1, 0.15) is 0 Å². The van der Waals surface area contributed by atoms with E-state index in [4.69, 9.17) is 10.5 Å². The molecule has 1 unspecified atom stereocenters. The lowest BCUT2D eigenvalue weighted by Crippen LogP contribution is -2.07. The Morgan fingerprint density at radius 3 is 2.79 bits per heavy atom. The summed E-state index contributed by atoms with van der Waals surface area (Å²) in [5.74, 6) is 0.972. The summed E-state index contributed by atoms with van der Waals surface area (Å²) >= 11 is 1.80. The number of nitrogen functional groups attached to an aromatic ring is 1. The van der Waals surface area contributed by atoms with Crippen molar-refractivity contribution in [1.29, 1.82) is 0 Å². The Morgan fingerprint density at radius 1 is 1.50 bits per heavy atom. The van der Waals surface area contributed by atoms with Gasteiger partial charge >= 0.3 is 0 Å². The molecule has 2 N–H and O–H groups in total. The second-order valence-electron chi connectivity index (χ2n) is 3.38. The van der Waals surface area contributed by atoms with Gasteiger partial charge in [-0.1, -0.05) is 0 Å². The minimum absolute atomic E-state index is 0.290. The molecule has 0 aromatic heterocycles. The largest absolute Gasteiger partial charge is 0.399 e. The van der Waals surface area contributed by atoms with Gasteiger partial charge < -0.3 is 10.5 Å². The van der Waals surface area contributed by atoms with Crippen molar-refractivity contribution in [3.05, 3.63) is 23.8 Å². The zero-order valence-electron chi connectivity index (χ0n) is 8.91. The Morgan fingerprint density at radius 2 is 2.21 bits per heavy atom. The summed E-state index contributed by atoms with van der Waals surface area (Å²) in [4.78, 5) is 1.25. The zero-order valence-corrected chi connectivity index (χ0v) is 9.73. The Bertz CT molecular complexity index is 301. The van der Waals surface area contributed by atoms with Crippen molar-refractivity contribution in [3.8, 4) is 0 Å². The molecule has 3 heteroatoms. The van der Waals surface area contributed by atoms with Gasteiger partial charge in [-0.05, 0) is 37.6 Å². The molecule has 2 nitrogen and oxygen atoms in total. The maximum Gasteiger partial charge on any atom is 0.0637 e. The van der Waals surface area contributed by atoms with Gasteiger partial charge in [-0.15, -0.1) is 11.8 Å². The van der Waals surface area contributed by atoms with Crippen LogP contribution in [0.5, 0.6) is 0 Å². The van der Waals surface area contributed by atoms with E-state index in [1.807, 2.05) is 13.0 Å². The average Bonchev–Trinajstić information content (AvgIpc) is 2.19. The molecule has 0 saturated carbocycles. The predicted molar refractivity (Wildman–Crippen MR) is 62.8 cm³/mol. The highest BCUT2D eigenvalue weighted by atomic mass is 32.2. The van der Waals surface area contributed by atoms with Gasteiger partial charge in [-0.25, -0.2) is 0 Å². The fourth-order valence-electron chi connectivity index (χ4n) is 1.02. The molecular formula is C11H17NOS. The maximum absolute atomic E-state index is 5.74. The first-order valence-electron chi connectivity index (χ1n) is 4.65. The summed E-state index contributed by atoms with van der Waals surface area (Å²) in [7, 11) is 1.74. The Kier molecular flexibility index (Phi) is 4.29. The average molecular weight is 211 g/mol. The van der Waals surface area contributed by atoms with Gasteiger partial charge in [-0.3, -0.25) is 0 Å². The minimum atomic E-state index is 0.290. The molecule has 1 aromatic rings. The van der Waals surface area contributed by atoms with E-state index in [2.05, 4.69) is 19.1 Å². The predicted octanol–water partition coefficient (Wildman–Crippen LogP) is 2.70. The highest BCUT2D eigenvalue weighted by molar-refractivity contribution is 7.99. The van der Waals surface area contributed by atoms with E-state index in [0.29, 0.717) is 0 Å². The number of aryl methyl sites for hydroxylation is 1. The van der Waals surface area contributed by atoms with Crippen LogP contribution in [0.2, 0.25) is 0 Å². The van der Waals surface area contributed by atoms with Crippen LogP contribution in [0.1, 0.15) is 12.5 Å². The van der Waals surface area contributed by atoms with E-state index in [-0.39, 0.29) is 6.10 Å². The van der Waals surface area contributed by atoms with E-state index in [1.165, 1.54) is 4.90 Å². The molecule has 1 rings (SSSR count). The van der Waals surface area contributed by atoms with Crippen LogP contribution in [0, 0.1) is 6.92 Å². The first kappa shape index (κ1) is 11.4. The maximum atomic E-state index is 5.74. The number of rotatable bonds is 4.